The monoisotopic (exact) mass is 294 g/mol. The van der Waals surface area contributed by atoms with Gasteiger partial charge in [-0.05, 0) is 17.9 Å². The molecule has 1 fully saturated rings. The Morgan fingerprint density at radius 3 is 2.47 bits per heavy atom. The van der Waals surface area contributed by atoms with Gasteiger partial charge in [0.15, 0.2) is 0 Å². The van der Waals surface area contributed by atoms with Gasteiger partial charge in [-0.3, -0.25) is 0 Å². The van der Waals surface area contributed by atoms with Crippen LogP contribution in [0.2, 0.25) is 0 Å². The minimum atomic E-state index is 0.382. The molecule has 1 aromatic carbocycles. The molecule has 0 bridgehead atoms. The second-order valence-corrected chi connectivity index (χ2v) is 6.49. The minimum Gasteiger partial charge on any atom is -0.0878 e. The van der Waals surface area contributed by atoms with Gasteiger partial charge in [0.2, 0.25) is 0 Å². The van der Waals surface area contributed by atoms with E-state index in [4.69, 9.17) is 0 Å². The lowest BCUT2D eigenvalue weighted by atomic mass is 9.93. The summed E-state index contributed by atoms with van der Waals surface area (Å²) in [5, 5.41) is 0. The summed E-state index contributed by atoms with van der Waals surface area (Å²) >= 11 is 3.88. The van der Waals surface area contributed by atoms with E-state index in [0.29, 0.717) is 10.2 Å². The van der Waals surface area contributed by atoms with Crippen LogP contribution in [0.25, 0.3) is 0 Å². The lowest BCUT2D eigenvalue weighted by Gasteiger charge is -2.11. The summed E-state index contributed by atoms with van der Waals surface area (Å²) < 4.78 is 0. The Bertz CT molecular complexity index is 346. The largest absolute Gasteiger partial charge is 0.0878 e. The van der Waals surface area contributed by atoms with E-state index in [9.17, 15) is 0 Å². The van der Waals surface area contributed by atoms with Gasteiger partial charge in [0.25, 0.3) is 0 Å². The molecule has 17 heavy (non-hydrogen) atoms. The minimum absolute atomic E-state index is 0.382. The van der Waals surface area contributed by atoms with Crippen molar-refractivity contribution in [3.05, 3.63) is 35.9 Å². The molecule has 0 radical (unpaired) electrons. The Morgan fingerprint density at radius 1 is 1.12 bits per heavy atom. The van der Waals surface area contributed by atoms with Crippen molar-refractivity contribution in [1.82, 2.24) is 0 Å². The van der Waals surface area contributed by atoms with Crippen molar-refractivity contribution in [3.8, 4) is 0 Å². The highest BCUT2D eigenvalue weighted by atomic mass is 79.9. The van der Waals surface area contributed by atoms with E-state index in [-0.39, 0.29) is 0 Å². The quantitative estimate of drug-likeness (QED) is 0.493. The first-order valence-electron chi connectivity index (χ1n) is 6.90. The summed E-state index contributed by atoms with van der Waals surface area (Å²) in [6.07, 6.45) is 6.89. The van der Waals surface area contributed by atoms with Crippen LogP contribution in [0, 0.1) is 5.92 Å². The highest BCUT2D eigenvalue weighted by Crippen LogP contribution is 2.60. The zero-order valence-electron chi connectivity index (χ0n) is 11.0. The predicted octanol–water partition coefficient (Wildman–Crippen LogP) is 5.31. The normalized spacial score (nSPS) is 31.5. The number of halogens is 1. The molecule has 1 aliphatic carbocycles. The molecule has 2 rings (SSSR count). The fourth-order valence-electron chi connectivity index (χ4n) is 2.95. The van der Waals surface area contributed by atoms with Gasteiger partial charge in [-0.25, -0.2) is 0 Å². The van der Waals surface area contributed by atoms with Crippen molar-refractivity contribution < 1.29 is 0 Å². The Morgan fingerprint density at radius 2 is 1.82 bits per heavy atom. The van der Waals surface area contributed by atoms with E-state index < -0.39 is 0 Å². The molecule has 0 spiro atoms. The molecule has 0 aromatic heterocycles. The van der Waals surface area contributed by atoms with Crippen LogP contribution in [0.1, 0.15) is 51.5 Å². The van der Waals surface area contributed by atoms with Crippen molar-refractivity contribution in [1.29, 1.82) is 0 Å². The Kier molecular flexibility index (Phi) is 4.30. The lowest BCUT2D eigenvalue weighted by molar-refractivity contribution is 0.552. The number of rotatable bonds is 6. The van der Waals surface area contributed by atoms with Gasteiger partial charge in [0.1, 0.15) is 0 Å². The average Bonchev–Trinajstić information content (AvgIpc) is 2.90. The molecule has 1 aliphatic rings. The Hall–Kier alpha value is -0.300. The first-order valence-corrected chi connectivity index (χ1v) is 7.82. The van der Waals surface area contributed by atoms with Crippen molar-refractivity contribution in [3.63, 3.8) is 0 Å². The molecule has 0 nitrogen and oxygen atoms in total. The third-order valence-corrected chi connectivity index (χ3v) is 5.94. The van der Waals surface area contributed by atoms with Crippen molar-refractivity contribution in [2.24, 2.45) is 5.92 Å². The maximum Gasteiger partial charge on any atom is 0.0280 e. The maximum absolute atomic E-state index is 3.88. The molecule has 0 heterocycles. The van der Waals surface area contributed by atoms with Gasteiger partial charge < -0.3 is 0 Å². The van der Waals surface area contributed by atoms with Gasteiger partial charge in [0.05, 0.1) is 0 Å². The van der Waals surface area contributed by atoms with Crippen molar-refractivity contribution >= 4 is 15.9 Å². The van der Waals surface area contributed by atoms with Gasteiger partial charge in [-0.1, -0.05) is 85.8 Å². The van der Waals surface area contributed by atoms with Gasteiger partial charge in [0, 0.05) is 10.2 Å². The van der Waals surface area contributed by atoms with Crippen LogP contribution < -0.4 is 0 Å². The number of hydrogen-bond donors (Lipinski definition) is 0. The Balaban J connectivity index is 1.90. The molecule has 1 saturated carbocycles. The fourth-order valence-corrected chi connectivity index (χ4v) is 4.22. The van der Waals surface area contributed by atoms with E-state index in [1.54, 1.807) is 0 Å². The molecule has 0 unspecified atom stereocenters. The van der Waals surface area contributed by atoms with E-state index in [1.165, 1.54) is 37.7 Å². The zero-order chi connectivity index (χ0) is 12.3. The van der Waals surface area contributed by atoms with Crippen LogP contribution in [0.4, 0.5) is 0 Å². The predicted molar refractivity (Wildman–Crippen MR) is 78.8 cm³/mol. The average molecular weight is 295 g/mol. The van der Waals surface area contributed by atoms with E-state index in [0.717, 1.165) is 5.92 Å². The fraction of sp³-hybridized carbons (Fsp3) is 0.625. The topological polar surface area (TPSA) is 0 Å². The summed E-state index contributed by atoms with van der Waals surface area (Å²) in [5.41, 5.74) is 1.88. The second-order valence-electron chi connectivity index (χ2n) is 5.51. The third-order valence-electron chi connectivity index (χ3n) is 4.35. The van der Waals surface area contributed by atoms with E-state index >= 15 is 0 Å². The third kappa shape index (κ3) is 2.59. The summed E-state index contributed by atoms with van der Waals surface area (Å²) in [6.45, 7) is 4.69. The molecule has 0 amide bonds. The molecule has 0 saturated heterocycles. The van der Waals surface area contributed by atoms with Crippen LogP contribution in [-0.2, 0) is 5.41 Å². The molecule has 1 aromatic rings. The maximum atomic E-state index is 3.88. The van der Waals surface area contributed by atoms with Gasteiger partial charge in [-0.2, -0.15) is 0 Å². The number of hydrogen-bond acceptors (Lipinski definition) is 0. The van der Waals surface area contributed by atoms with Crippen LogP contribution in [0.5, 0.6) is 0 Å². The van der Waals surface area contributed by atoms with Gasteiger partial charge >= 0.3 is 0 Å². The molecule has 0 aliphatic heterocycles. The SMILES string of the molecule is CCCCCC[C@@H]1[C@H](Br)[C@@]1(C)c1ccccc1. The molecular weight excluding hydrogens is 272 g/mol. The van der Waals surface area contributed by atoms with E-state index in [1.807, 2.05) is 0 Å². The number of alkyl halides is 1. The zero-order valence-corrected chi connectivity index (χ0v) is 12.5. The van der Waals surface area contributed by atoms with Crippen molar-refractivity contribution in [2.45, 2.75) is 56.2 Å². The molecule has 94 valence electrons. The highest BCUT2D eigenvalue weighted by molar-refractivity contribution is 9.09. The first-order chi connectivity index (χ1) is 8.21. The van der Waals surface area contributed by atoms with Crippen LogP contribution in [0.3, 0.4) is 0 Å². The number of unbranched alkanes of at least 4 members (excludes halogenated alkanes) is 3. The lowest BCUT2D eigenvalue weighted by Crippen LogP contribution is -2.05. The highest BCUT2D eigenvalue weighted by Gasteiger charge is 2.59. The van der Waals surface area contributed by atoms with Crippen LogP contribution >= 0.6 is 15.9 Å². The van der Waals surface area contributed by atoms with E-state index in [2.05, 4.69) is 60.1 Å². The summed E-state index contributed by atoms with van der Waals surface area (Å²) in [5.74, 6) is 0.835. The molecule has 1 heteroatoms. The summed E-state index contributed by atoms with van der Waals surface area (Å²) in [6, 6.07) is 11.0. The smallest absolute Gasteiger partial charge is 0.0280 e. The first kappa shape index (κ1) is 13.1. The van der Waals surface area contributed by atoms with Crippen LogP contribution in [0.15, 0.2) is 30.3 Å². The molecular formula is C16H23Br. The van der Waals surface area contributed by atoms with Crippen LogP contribution in [-0.4, -0.2) is 4.83 Å². The second kappa shape index (κ2) is 5.56. The summed E-state index contributed by atoms with van der Waals surface area (Å²) in [7, 11) is 0. The Labute approximate surface area is 114 Å². The molecule has 3 atom stereocenters. The summed E-state index contributed by atoms with van der Waals surface area (Å²) in [4.78, 5) is 0.680. The standard InChI is InChI=1S/C16H23Br/c1-3-4-5-9-12-14-15(17)16(14,2)13-10-7-6-8-11-13/h6-8,10-11,14-15H,3-5,9,12H2,1-2H3/t14-,15+,16+/m1/s1. The molecule has 0 N–H and O–H groups in total. The van der Waals surface area contributed by atoms with Crippen molar-refractivity contribution in [2.75, 3.05) is 0 Å². The van der Waals surface area contributed by atoms with Gasteiger partial charge in [-0.15, -0.1) is 0 Å². The number of benzene rings is 1.